The highest BCUT2D eigenvalue weighted by Gasteiger charge is 2.30. The van der Waals surface area contributed by atoms with E-state index >= 15 is 0 Å². The molecule has 23 heavy (non-hydrogen) atoms. The van der Waals surface area contributed by atoms with E-state index in [1.54, 1.807) is 0 Å². The summed E-state index contributed by atoms with van der Waals surface area (Å²) in [5.74, 6) is 1.75. The fourth-order valence-electron chi connectivity index (χ4n) is 3.66. The van der Waals surface area contributed by atoms with Crippen LogP contribution >= 0.6 is 0 Å². The number of benzene rings is 1. The third-order valence-electron chi connectivity index (χ3n) is 5.50. The number of amides is 1. The lowest BCUT2D eigenvalue weighted by Crippen LogP contribution is -2.93. The maximum Gasteiger partial charge on any atom is 0.278 e. The average Bonchev–Trinajstić information content (AvgIpc) is 2.54. The van der Waals surface area contributed by atoms with Gasteiger partial charge in [0.15, 0.2) is 6.54 Å². The third kappa shape index (κ3) is 5.07. The summed E-state index contributed by atoms with van der Waals surface area (Å²) in [6.07, 6.45) is 3.89. The van der Waals surface area contributed by atoms with Crippen molar-refractivity contribution in [3.05, 3.63) is 35.9 Å². The van der Waals surface area contributed by atoms with Crippen molar-refractivity contribution in [2.75, 3.05) is 6.54 Å². The number of nitrogens with zero attached hydrogens (tertiary/aromatic N) is 1. The zero-order chi connectivity index (χ0) is 16.8. The predicted octanol–water partition coefficient (Wildman–Crippen LogP) is 2.81. The fourth-order valence-corrected chi connectivity index (χ4v) is 3.66. The first kappa shape index (κ1) is 18.0. The molecule has 2 rings (SSSR count). The van der Waals surface area contributed by atoms with E-state index in [4.69, 9.17) is 0 Å². The Kier molecular flexibility index (Phi) is 6.64. The molecule has 128 valence electrons. The summed E-state index contributed by atoms with van der Waals surface area (Å²) in [5.41, 5.74) is 1.20. The minimum Gasteiger partial charge on any atom is -0.336 e. The molecule has 0 bridgehead atoms. The second-order valence-electron chi connectivity index (χ2n) is 7.47. The van der Waals surface area contributed by atoms with Crippen LogP contribution in [0.3, 0.4) is 0 Å². The van der Waals surface area contributed by atoms with Gasteiger partial charge in [-0.1, -0.05) is 44.2 Å². The van der Waals surface area contributed by atoms with Crippen LogP contribution in [0.2, 0.25) is 0 Å². The molecule has 2 N–H and O–H groups in total. The Hall–Kier alpha value is -1.35. The predicted molar refractivity (Wildman–Crippen MR) is 94.9 cm³/mol. The molecule has 3 atom stereocenters. The molecule has 1 aromatic carbocycles. The van der Waals surface area contributed by atoms with Gasteiger partial charge in [-0.3, -0.25) is 4.79 Å². The van der Waals surface area contributed by atoms with E-state index < -0.39 is 0 Å². The van der Waals surface area contributed by atoms with Crippen LogP contribution < -0.4 is 5.32 Å². The summed E-state index contributed by atoms with van der Waals surface area (Å²) in [5, 5.41) is 2.29. The number of quaternary nitrogens is 1. The molecule has 0 radical (unpaired) electrons. The van der Waals surface area contributed by atoms with E-state index in [2.05, 4.69) is 45.1 Å². The van der Waals surface area contributed by atoms with Gasteiger partial charge in [-0.15, -0.1) is 0 Å². The Morgan fingerprint density at radius 2 is 1.91 bits per heavy atom. The fraction of sp³-hybridized carbons (Fsp3) is 0.650. The molecule has 1 aromatic rings. The second kappa shape index (κ2) is 8.49. The Labute approximate surface area is 141 Å². The van der Waals surface area contributed by atoms with E-state index in [1.165, 1.54) is 24.8 Å². The van der Waals surface area contributed by atoms with Gasteiger partial charge in [0.05, 0.1) is 6.04 Å². The molecule has 1 amide bonds. The SMILES string of the molecule is CC(C)N(Cc1ccccc1)C(=O)C[NH2+][C@@H]1CCC[C@@H](C)[C@H]1C. The number of hydrogen-bond donors (Lipinski definition) is 1. The van der Waals surface area contributed by atoms with Crippen LogP contribution in [0.5, 0.6) is 0 Å². The molecule has 0 aromatic heterocycles. The molecule has 3 heteroatoms. The van der Waals surface area contributed by atoms with Crippen LogP contribution in [0, 0.1) is 11.8 Å². The van der Waals surface area contributed by atoms with Crippen LogP contribution in [-0.2, 0) is 11.3 Å². The Balaban J connectivity index is 1.91. The smallest absolute Gasteiger partial charge is 0.278 e. The van der Waals surface area contributed by atoms with E-state index in [-0.39, 0.29) is 11.9 Å². The van der Waals surface area contributed by atoms with Crippen molar-refractivity contribution < 1.29 is 10.1 Å². The summed E-state index contributed by atoms with van der Waals surface area (Å²) in [7, 11) is 0. The first-order chi connectivity index (χ1) is 11.0. The summed E-state index contributed by atoms with van der Waals surface area (Å²) in [6.45, 7) is 10.2. The largest absolute Gasteiger partial charge is 0.336 e. The Morgan fingerprint density at radius 3 is 2.57 bits per heavy atom. The molecule has 0 saturated heterocycles. The van der Waals surface area contributed by atoms with Crippen LogP contribution in [0.1, 0.15) is 52.5 Å². The molecule has 0 aliphatic heterocycles. The van der Waals surface area contributed by atoms with Crippen molar-refractivity contribution in [1.82, 2.24) is 4.90 Å². The van der Waals surface area contributed by atoms with Gasteiger partial charge in [0.25, 0.3) is 5.91 Å². The zero-order valence-electron chi connectivity index (χ0n) is 15.2. The standard InChI is InChI=1S/C20H32N2O/c1-15(2)22(14-18-10-6-5-7-11-18)20(23)13-21-19-12-8-9-16(3)17(19)4/h5-7,10-11,15-17,19,21H,8-9,12-14H2,1-4H3/p+1/t16-,17-,19-/m1/s1. The van der Waals surface area contributed by atoms with Crippen LogP contribution in [0.25, 0.3) is 0 Å². The van der Waals surface area contributed by atoms with Gasteiger partial charge in [0.1, 0.15) is 0 Å². The number of carbonyl (C=O) groups is 1. The Bertz CT molecular complexity index is 486. The molecule has 3 nitrogen and oxygen atoms in total. The first-order valence-corrected chi connectivity index (χ1v) is 9.15. The summed E-state index contributed by atoms with van der Waals surface area (Å²) in [4.78, 5) is 14.7. The molecular formula is C20H33N2O+. The highest BCUT2D eigenvalue weighted by molar-refractivity contribution is 5.77. The van der Waals surface area contributed by atoms with E-state index in [0.717, 1.165) is 5.92 Å². The van der Waals surface area contributed by atoms with Crippen molar-refractivity contribution >= 4 is 5.91 Å². The summed E-state index contributed by atoms with van der Waals surface area (Å²) >= 11 is 0. The first-order valence-electron chi connectivity index (χ1n) is 9.15. The van der Waals surface area contributed by atoms with Gasteiger partial charge in [-0.05, 0) is 44.6 Å². The number of hydrogen-bond acceptors (Lipinski definition) is 1. The summed E-state index contributed by atoms with van der Waals surface area (Å²) in [6, 6.07) is 11.1. The highest BCUT2D eigenvalue weighted by atomic mass is 16.2. The van der Waals surface area contributed by atoms with Gasteiger partial charge in [-0.2, -0.15) is 0 Å². The maximum atomic E-state index is 12.7. The zero-order valence-corrected chi connectivity index (χ0v) is 15.2. The normalized spacial score (nSPS) is 24.7. The van der Waals surface area contributed by atoms with Gasteiger partial charge >= 0.3 is 0 Å². The molecule has 0 unspecified atom stereocenters. The van der Waals surface area contributed by atoms with Crippen molar-refractivity contribution in [2.24, 2.45) is 11.8 Å². The average molecular weight is 317 g/mol. The van der Waals surface area contributed by atoms with Crippen molar-refractivity contribution in [3.8, 4) is 0 Å². The molecular weight excluding hydrogens is 284 g/mol. The van der Waals surface area contributed by atoms with Gasteiger partial charge in [-0.25, -0.2) is 0 Å². The van der Waals surface area contributed by atoms with E-state index in [0.29, 0.717) is 25.0 Å². The lowest BCUT2D eigenvalue weighted by atomic mass is 9.78. The van der Waals surface area contributed by atoms with Crippen molar-refractivity contribution in [3.63, 3.8) is 0 Å². The van der Waals surface area contributed by atoms with Crippen LogP contribution in [0.15, 0.2) is 30.3 Å². The molecule has 1 saturated carbocycles. The van der Waals surface area contributed by atoms with Crippen LogP contribution in [0.4, 0.5) is 0 Å². The molecule has 0 spiro atoms. The van der Waals surface area contributed by atoms with Crippen molar-refractivity contribution in [1.29, 1.82) is 0 Å². The van der Waals surface area contributed by atoms with Crippen molar-refractivity contribution in [2.45, 2.75) is 65.6 Å². The maximum absolute atomic E-state index is 12.7. The number of rotatable bonds is 6. The van der Waals surface area contributed by atoms with Gasteiger partial charge in [0, 0.05) is 18.5 Å². The second-order valence-corrected chi connectivity index (χ2v) is 7.47. The number of nitrogens with two attached hydrogens (primary N) is 1. The monoisotopic (exact) mass is 317 g/mol. The summed E-state index contributed by atoms with van der Waals surface area (Å²) < 4.78 is 0. The lowest BCUT2D eigenvalue weighted by molar-refractivity contribution is -0.689. The number of carbonyl (C=O) groups excluding carboxylic acids is 1. The highest BCUT2D eigenvalue weighted by Crippen LogP contribution is 2.27. The lowest BCUT2D eigenvalue weighted by Gasteiger charge is -2.33. The molecule has 1 aliphatic carbocycles. The molecule has 0 heterocycles. The minimum absolute atomic E-state index is 0.235. The minimum atomic E-state index is 0.235. The topological polar surface area (TPSA) is 36.9 Å². The van der Waals surface area contributed by atoms with Crippen LogP contribution in [-0.4, -0.2) is 29.4 Å². The van der Waals surface area contributed by atoms with E-state index in [1.807, 2.05) is 23.1 Å². The quantitative estimate of drug-likeness (QED) is 0.860. The Morgan fingerprint density at radius 1 is 1.22 bits per heavy atom. The van der Waals surface area contributed by atoms with Gasteiger partial charge in [0.2, 0.25) is 0 Å². The van der Waals surface area contributed by atoms with Gasteiger partial charge < -0.3 is 10.2 Å². The third-order valence-corrected chi connectivity index (χ3v) is 5.50. The molecule has 1 aliphatic rings. The molecule has 1 fully saturated rings. The van der Waals surface area contributed by atoms with E-state index in [9.17, 15) is 4.79 Å².